The van der Waals surface area contributed by atoms with E-state index < -0.39 is 0 Å². The van der Waals surface area contributed by atoms with Crippen LogP contribution in [0.4, 0.5) is 0 Å². The van der Waals surface area contributed by atoms with Crippen molar-refractivity contribution in [3.05, 3.63) is 47.9 Å². The van der Waals surface area contributed by atoms with Gasteiger partial charge in [0.25, 0.3) is 0 Å². The number of nitrogens with two attached hydrogens (primary N) is 1. The highest BCUT2D eigenvalue weighted by Crippen LogP contribution is 2.36. The van der Waals surface area contributed by atoms with E-state index in [4.69, 9.17) is 10.7 Å². The van der Waals surface area contributed by atoms with Crippen molar-refractivity contribution in [1.82, 2.24) is 24.3 Å². The standard InChI is InChI=1S/C20H20N6OS2/c21-17(27)11-15(25-7-1-2-8-25)19-24-14-5-4-13(10-16(14)29-19)28-18-12-23-20-22-6-3-9-26(18)20/h3-6,9-10,12,15H,1-2,7-8,11H2,(H2,21,27). The number of primary amides is 1. The summed E-state index contributed by atoms with van der Waals surface area (Å²) < 4.78 is 3.09. The van der Waals surface area contributed by atoms with Crippen LogP contribution < -0.4 is 5.73 Å². The van der Waals surface area contributed by atoms with Gasteiger partial charge in [0.15, 0.2) is 0 Å². The first-order valence-corrected chi connectivity index (χ1v) is 11.2. The zero-order valence-corrected chi connectivity index (χ0v) is 17.3. The highest BCUT2D eigenvalue weighted by Gasteiger charge is 2.27. The number of fused-ring (bicyclic) bond motifs is 2. The Morgan fingerprint density at radius 3 is 2.97 bits per heavy atom. The molecule has 0 aliphatic carbocycles. The number of aromatic nitrogens is 4. The molecular weight excluding hydrogens is 404 g/mol. The number of benzene rings is 1. The van der Waals surface area contributed by atoms with Crippen molar-refractivity contribution in [3.63, 3.8) is 0 Å². The van der Waals surface area contributed by atoms with Crippen molar-refractivity contribution >= 4 is 45.0 Å². The maximum Gasteiger partial charge on any atom is 0.234 e. The van der Waals surface area contributed by atoms with E-state index in [0.717, 1.165) is 51.1 Å². The monoisotopic (exact) mass is 424 g/mol. The minimum atomic E-state index is -0.279. The Morgan fingerprint density at radius 2 is 2.14 bits per heavy atom. The average Bonchev–Trinajstić information content (AvgIpc) is 3.46. The summed E-state index contributed by atoms with van der Waals surface area (Å²) in [5.41, 5.74) is 6.49. The number of carbonyl (C=O) groups is 1. The van der Waals surface area contributed by atoms with E-state index in [1.54, 1.807) is 29.3 Å². The van der Waals surface area contributed by atoms with Crippen LogP contribution in [-0.2, 0) is 4.79 Å². The van der Waals surface area contributed by atoms with Crippen LogP contribution in [0.1, 0.15) is 30.3 Å². The summed E-state index contributed by atoms with van der Waals surface area (Å²) in [6.45, 7) is 1.99. The Labute approximate surface area is 176 Å². The van der Waals surface area contributed by atoms with Crippen molar-refractivity contribution in [3.8, 4) is 0 Å². The van der Waals surface area contributed by atoms with Gasteiger partial charge in [-0.1, -0.05) is 11.8 Å². The molecule has 0 spiro atoms. The minimum absolute atomic E-state index is 0.0200. The Balaban J connectivity index is 1.45. The van der Waals surface area contributed by atoms with Gasteiger partial charge in [-0.3, -0.25) is 14.1 Å². The van der Waals surface area contributed by atoms with Gasteiger partial charge in [0, 0.05) is 23.7 Å². The van der Waals surface area contributed by atoms with Crippen LogP contribution in [-0.4, -0.2) is 43.2 Å². The third kappa shape index (κ3) is 3.73. The molecule has 1 atom stereocenters. The topological polar surface area (TPSA) is 89.4 Å². The average molecular weight is 425 g/mol. The second-order valence-electron chi connectivity index (χ2n) is 7.10. The molecule has 4 heterocycles. The number of carbonyl (C=O) groups excluding carboxylic acids is 1. The Bertz CT molecular complexity index is 1180. The highest BCUT2D eigenvalue weighted by molar-refractivity contribution is 7.99. The number of thiazole rings is 1. The molecule has 4 aromatic rings. The van der Waals surface area contributed by atoms with Crippen LogP contribution in [0.25, 0.3) is 16.0 Å². The second kappa shape index (κ2) is 7.74. The Hall–Kier alpha value is -2.49. The number of hydrogen-bond acceptors (Lipinski definition) is 7. The van der Waals surface area contributed by atoms with Crippen molar-refractivity contribution in [2.24, 2.45) is 5.73 Å². The molecule has 1 unspecified atom stereocenters. The van der Waals surface area contributed by atoms with Gasteiger partial charge in [-0.2, -0.15) is 0 Å². The number of likely N-dealkylation sites (tertiary alicyclic amines) is 1. The van der Waals surface area contributed by atoms with Gasteiger partial charge in [-0.05, 0) is 50.2 Å². The molecule has 1 fully saturated rings. The molecule has 148 valence electrons. The van der Waals surface area contributed by atoms with Crippen LogP contribution in [0, 0.1) is 0 Å². The summed E-state index contributed by atoms with van der Waals surface area (Å²) in [6, 6.07) is 8.15. The van der Waals surface area contributed by atoms with Crippen LogP contribution in [0.15, 0.2) is 52.8 Å². The van der Waals surface area contributed by atoms with Gasteiger partial charge >= 0.3 is 0 Å². The molecule has 2 N–H and O–H groups in total. The van der Waals surface area contributed by atoms with Crippen molar-refractivity contribution in [2.45, 2.75) is 35.2 Å². The van der Waals surface area contributed by atoms with Gasteiger partial charge in [0.1, 0.15) is 10.0 Å². The van der Waals surface area contributed by atoms with E-state index in [2.05, 4.69) is 27.0 Å². The first kappa shape index (κ1) is 18.5. The van der Waals surface area contributed by atoms with Gasteiger partial charge in [0.05, 0.1) is 22.5 Å². The molecule has 0 bridgehead atoms. The summed E-state index contributed by atoms with van der Waals surface area (Å²) in [6.07, 6.45) is 8.18. The molecule has 3 aromatic heterocycles. The highest BCUT2D eigenvalue weighted by atomic mass is 32.2. The fourth-order valence-electron chi connectivity index (χ4n) is 3.75. The number of imidazole rings is 1. The lowest BCUT2D eigenvalue weighted by molar-refractivity contribution is -0.119. The normalized spacial score (nSPS) is 16.0. The summed E-state index contributed by atoms with van der Waals surface area (Å²) >= 11 is 3.30. The Kier molecular flexibility index (Phi) is 4.94. The van der Waals surface area contributed by atoms with Crippen molar-refractivity contribution in [2.75, 3.05) is 13.1 Å². The SMILES string of the molecule is NC(=O)CC(c1nc2ccc(Sc3cnc4ncccn34)cc2s1)N1CCCC1. The molecule has 7 nitrogen and oxygen atoms in total. The van der Waals surface area contributed by atoms with E-state index in [1.807, 2.05) is 28.9 Å². The lowest BCUT2D eigenvalue weighted by Gasteiger charge is -2.24. The van der Waals surface area contributed by atoms with Crippen LogP contribution >= 0.6 is 23.1 Å². The predicted octanol–water partition coefficient (Wildman–Crippen LogP) is 3.50. The summed E-state index contributed by atoms with van der Waals surface area (Å²) in [5.74, 6) is 0.412. The maximum absolute atomic E-state index is 11.6. The summed E-state index contributed by atoms with van der Waals surface area (Å²) in [5, 5.41) is 1.99. The molecule has 0 saturated carbocycles. The molecule has 1 amide bonds. The van der Waals surface area contributed by atoms with E-state index in [-0.39, 0.29) is 11.9 Å². The third-order valence-corrected chi connectivity index (χ3v) is 7.23. The molecule has 0 radical (unpaired) electrons. The first-order valence-electron chi connectivity index (χ1n) is 9.56. The quantitative estimate of drug-likeness (QED) is 0.510. The number of hydrogen-bond donors (Lipinski definition) is 1. The lowest BCUT2D eigenvalue weighted by atomic mass is 10.2. The van der Waals surface area contributed by atoms with Crippen LogP contribution in [0.2, 0.25) is 0 Å². The van der Waals surface area contributed by atoms with Gasteiger partial charge in [-0.25, -0.2) is 15.0 Å². The summed E-state index contributed by atoms with van der Waals surface area (Å²) in [4.78, 5) is 28.5. The maximum atomic E-state index is 11.6. The molecule has 1 aliphatic heterocycles. The van der Waals surface area contributed by atoms with Crippen LogP contribution in [0.5, 0.6) is 0 Å². The lowest BCUT2D eigenvalue weighted by Crippen LogP contribution is -2.29. The van der Waals surface area contributed by atoms with E-state index >= 15 is 0 Å². The van der Waals surface area contributed by atoms with Crippen LogP contribution in [0.3, 0.4) is 0 Å². The van der Waals surface area contributed by atoms with Gasteiger partial charge in [0.2, 0.25) is 11.7 Å². The van der Waals surface area contributed by atoms with E-state index in [1.165, 1.54) is 0 Å². The second-order valence-corrected chi connectivity index (χ2v) is 9.26. The fourth-order valence-corrected chi connectivity index (χ4v) is 5.86. The number of rotatable bonds is 6. The molecule has 29 heavy (non-hydrogen) atoms. The van der Waals surface area contributed by atoms with Gasteiger partial charge in [-0.15, -0.1) is 11.3 Å². The molecule has 5 rings (SSSR count). The zero-order chi connectivity index (χ0) is 19.8. The van der Waals surface area contributed by atoms with Gasteiger partial charge < -0.3 is 5.73 Å². The van der Waals surface area contributed by atoms with E-state index in [0.29, 0.717) is 12.2 Å². The van der Waals surface area contributed by atoms with Crippen molar-refractivity contribution < 1.29 is 4.79 Å². The molecule has 1 aliphatic rings. The smallest absolute Gasteiger partial charge is 0.234 e. The molecule has 1 aromatic carbocycles. The molecular formula is C20H20N6OS2. The number of amides is 1. The Morgan fingerprint density at radius 1 is 1.28 bits per heavy atom. The third-order valence-electron chi connectivity index (χ3n) is 5.11. The van der Waals surface area contributed by atoms with E-state index in [9.17, 15) is 4.79 Å². The predicted molar refractivity (Wildman–Crippen MR) is 114 cm³/mol. The first-order chi connectivity index (χ1) is 14.2. The molecule has 1 saturated heterocycles. The van der Waals surface area contributed by atoms with Crippen molar-refractivity contribution in [1.29, 1.82) is 0 Å². The fraction of sp³-hybridized carbons (Fsp3) is 0.300. The molecule has 9 heteroatoms. The summed E-state index contributed by atoms with van der Waals surface area (Å²) in [7, 11) is 0. The largest absolute Gasteiger partial charge is 0.370 e. The number of nitrogens with zero attached hydrogens (tertiary/aromatic N) is 5. The minimum Gasteiger partial charge on any atom is -0.370 e. The zero-order valence-electron chi connectivity index (χ0n) is 15.7.